The van der Waals surface area contributed by atoms with Crippen molar-refractivity contribution in [2.45, 2.75) is 38.3 Å². The highest BCUT2D eigenvalue weighted by Crippen LogP contribution is 2.21. The number of carbonyl (C=O) groups excluding carboxylic acids is 1. The summed E-state index contributed by atoms with van der Waals surface area (Å²) in [5, 5.41) is 3.04. The number of hydrogen-bond donors (Lipinski definition) is 1. The zero-order valence-electron chi connectivity index (χ0n) is 10.4. The molecule has 4 nitrogen and oxygen atoms in total. The van der Waals surface area contributed by atoms with E-state index < -0.39 is 0 Å². The van der Waals surface area contributed by atoms with Crippen molar-refractivity contribution in [3.63, 3.8) is 0 Å². The Balaban J connectivity index is 1.97. The summed E-state index contributed by atoms with van der Waals surface area (Å²) in [6, 6.07) is 0.573. The lowest BCUT2D eigenvalue weighted by Gasteiger charge is -2.27. The Morgan fingerprint density at radius 2 is 2.06 bits per heavy atom. The van der Waals surface area contributed by atoms with Crippen molar-refractivity contribution in [2.75, 3.05) is 33.2 Å². The third-order valence-corrected chi connectivity index (χ3v) is 3.92. The standard InChI is InChI=1S/C12H23N3O/c1-10(13-2)12(16)15-8-4-7-14-6-3-5-11(14)9-15/h10-11,13H,3-9H2,1-2H3. The maximum atomic E-state index is 12.1. The van der Waals surface area contributed by atoms with Crippen LogP contribution in [-0.4, -0.2) is 61.0 Å². The molecule has 1 amide bonds. The van der Waals surface area contributed by atoms with Crippen LogP contribution in [0.15, 0.2) is 0 Å². The molecule has 0 radical (unpaired) electrons. The minimum Gasteiger partial charge on any atom is -0.340 e. The third kappa shape index (κ3) is 2.38. The summed E-state index contributed by atoms with van der Waals surface area (Å²) < 4.78 is 0. The molecule has 1 N–H and O–H groups in total. The van der Waals surface area contributed by atoms with E-state index in [1.54, 1.807) is 0 Å². The van der Waals surface area contributed by atoms with Crippen LogP contribution in [0.5, 0.6) is 0 Å². The van der Waals surface area contributed by atoms with Gasteiger partial charge in [0.25, 0.3) is 0 Å². The Morgan fingerprint density at radius 1 is 1.31 bits per heavy atom. The van der Waals surface area contributed by atoms with E-state index in [0.29, 0.717) is 6.04 Å². The normalized spacial score (nSPS) is 28.6. The molecule has 2 aliphatic rings. The van der Waals surface area contributed by atoms with Gasteiger partial charge in [-0.2, -0.15) is 0 Å². The van der Waals surface area contributed by atoms with Crippen molar-refractivity contribution in [3.05, 3.63) is 0 Å². The summed E-state index contributed by atoms with van der Waals surface area (Å²) in [7, 11) is 1.85. The minimum atomic E-state index is -0.0482. The number of hydrogen-bond acceptors (Lipinski definition) is 3. The molecule has 4 heteroatoms. The monoisotopic (exact) mass is 225 g/mol. The average molecular weight is 225 g/mol. The number of likely N-dealkylation sites (N-methyl/N-ethyl adjacent to an activating group) is 1. The molecule has 2 heterocycles. The first-order valence-corrected chi connectivity index (χ1v) is 6.42. The second kappa shape index (κ2) is 5.15. The Labute approximate surface area is 98.0 Å². The minimum absolute atomic E-state index is 0.0482. The molecule has 2 atom stereocenters. The first-order valence-electron chi connectivity index (χ1n) is 6.42. The van der Waals surface area contributed by atoms with E-state index in [-0.39, 0.29) is 11.9 Å². The van der Waals surface area contributed by atoms with Gasteiger partial charge in [0.1, 0.15) is 0 Å². The van der Waals surface area contributed by atoms with Crippen LogP contribution < -0.4 is 5.32 Å². The van der Waals surface area contributed by atoms with Gasteiger partial charge in [0, 0.05) is 25.7 Å². The fourth-order valence-electron chi connectivity index (χ4n) is 2.80. The van der Waals surface area contributed by atoms with Crippen LogP contribution in [-0.2, 0) is 4.79 Å². The molecule has 0 aromatic carbocycles. The molecule has 0 saturated carbocycles. The van der Waals surface area contributed by atoms with Gasteiger partial charge in [0.05, 0.1) is 6.04 Å². The number of nitrogens with zero attached hydrogens (tertiary/aromatic N) is 2. The van der Waals surface area contributed by atoms with Crippen LogP contribution in [0.4, 0.5) is 0 Å². The molecule has 2 fully saturated rings. The fourth-order valence-corrected chi connectivity index (χ4v) is 2.80. The molecular formula is C12H23N3O. The van der Waals surface area contributed by atoms with Crippen LogP contribution in [0.1, 0.15) is 26.2 Å². The van der Waals surface area contributed by atoms with E-state index in [2.05, 4.69) is 15.1 Å². The quantitative estimate of drug-likeness (QED) is 0.734. The molecular weight excluding hydrogens is 202 g/mol. The Hall–Kier alpha value is -0.610. The van der Waals surface area contributed by atoms with Gasteiger partial charge in [-0.05, 0) is 39.8 Å². The Morgan fingerprint density at radius 3 is 2.81 bits per heavy atom. The Bertz CT molecular complexity index is 257. The molecule has 0 aliphatic carbocycles. The van der Waals surface area contributed by atoms with Gasteiger partial charge in [-0.1, -0.05) is 0 Å². The molecule has 0 aromatic rings. The van der Waals surface area contributed by atoms with Gasteiger partial charge < -0.3 is 10.2 Å². The van der Waals surface area contributed by atoms with E-state index in [1.807, 2.05) is 14.0 Å². The first-order chi connectivity index (χ1) is 7.72. The lowest BCUT2D eigenvalue weighted by molar-refractivity contribution is -0.133. The molecule has 0 bridgehead atoms. The zero-order valence-corrected chi connectivity index (χ0v) is 10.4. The van der Waals surface area contributed by atoms with Crippen LogP contribution in [0.3, 0.4) is 0 Å². The van der Waals surface area contributed by atoms with Crippen LogP contribution >= 0.6 is 0 Å². The van der Waals surface area contributed by atoms with E-state index in [1.165, 1.54) is 25.9 Å². The summed E-state index contributed by atoms with van der Waals surface area (Å²) in [6.07, 6.45) is 3.69. The van der Waals surface area contributed by atoms with Gasteiger partial charge in [0.2, 0.25) is 5.91 Å². The lowest BCUT2D eigenvalue weighted by atomic mass is 10.2. The number of amides is 1. The first kappa shape index (κ1) is 11.9. The van der Waals surface area contributed by atoms with Crippen molar-refractivity contribution in [2.24, 2.45) is 0 Å². The molecule has 2 aliphatic heterocycles. The topological polar surface area (TPSA) is 35.6 Å². The second-order valence-electron chi connectivity index (χ2n) is 4.98. The predicted octanol–water partition coefficient (Wildman–Crippen LogP) is 0.291. The summed E-state index contributed by atoms with van der Waals surface area (Å²) in [5.74, 6) is 0.260. The van der Waals surface area contributed by atoms with Crippen LogP contribution in [0.25, 0.3) is 0 Å². The van der Waals surface area contributed by atoms with Gasteiger partial charge in [-0.3, -0.25) is 9.69 Å². The molecule has 2 rings (SSSR count). The maximum Gasteiger partial charge on any atom is 0.239 e. The lowest BCUT2D eigenvalue weighted by Crippen LogP contribution is -2.46. The highest BCUT2D eigenvalue weighted by Gasteiger charge is 2.31. The summed E-state index contributed by atoms with van der Waals surface area (Å²) in [6.45, 7) is 6.21. The fraction of sp³-hybridized carbons (Fsp3) is 0.917. The van der Waals surface area contributed by atoms with Gasteiger partial charge >= 0.3 is 0 Å². The number of rotatable bonds is 2. The van der Waals surface area contributed by atoms with Gasteiger partial charge in [-0.25, -0.2) is 0 Å². The average Bonchev–Trinajstić information content (AvgIpc) is 2.64. The van der Waals surface area contributed by atoms with Crippen molar-refractivity contribution in [1.82, 2.24) is 15.1 Å². The number of fused-ring (bicyclic) bond motifs is 1. The Kier molecular flexibility index (Phi) is 3.82. The molecule has 2 saturated heterocycles. The molecule has 92 valence electrons. The van der Waals surface area contributed by atoms with E-state index in [4.69, 9.17) is 0 Å². The highest BCUT2D eigenvalue weighted by molar-refractivity contribution is 5.81. The number of nitrogens with one attached hydrogen (secondary N) is 1. The van der Waals surface area contributed by atoms with E-state index in [9.17, 15) is 4.79 Å². The van der Waals surface area contributed by atoms with Gasteiger partial charge in [-0.15, -0.1) is 0 Å². The SMILES string of the molecule is CNC(C)C(=O)N1CCCN2CCCC2C1. The van der Waals surface area contributed by atoms with Crippen molar-refractivity contribution in [1.29, 1.82) is 0 Å². The zero-order chi connectivity index (χ0) is 11.5. The summed E-state index contributed by atoms with van der Waals surface area (Å²) >= 11 is 0. The van der Waals surface area contributed by atoms with Crippen molar-refractivity contribution >= 4 is 5.91 Å². The predicted molar refractivity (Wildman–Crippen MR) is 64.3 cm³/mol. The highest BCUT2D eigenvalue weighted by atomic mass is 16.2. The van der Waals surface area contributed by atoms with Crippen LogP contribution in [0.2, 0.25) is 0 Å². The maximum absolute atomic E-state index is 12.1. The molecule has 2 unspecified atom stereocenters. The van der Waals surface area contributed by atoms with Gasteiger partial charge in [0.15, 0.2) is 0 Å². The molecule has 0 spiro atoms. The molecule has 0 aromatic heterocycles. The smallest absolute Gasteiger partial charge is 0.239 e. The van der Waals surface area contributed by atoms with E-state index >= 15 is 0 Å². The van der Waals surface area contributed by atoms with Crippen molar-refractivity contribution in [3.8, 4) is 0 Å². The summed E-state index contributed by atoms with van der Waals surface area (Å²) in [4.78, 5) is 16.7. The number of carbonyl (C=O) groups is 1. The van der Waals surface area contributed by atoms with Crippen molar-refractivity contribution < 1.29 is 4.79 Å². The largest absolute Gasteiger partial charge is 0.340 e. The van der Waals surface area contributed by atoms with Crippen LogP contribution in [0, 0.1) is 0 Å². The van der Waals surface area contributed by atoms with E-state index in [0.717, 1.165) is 19.5 Å². The molecule has 16 heavy (non-hydrogen) atoms. The third-order valence-electron chi connectivity index (χ3n) is 3.92. The second-order valence-corrected chi connectivity index (χ2v) is 4.98. The summed E-state index contributed by atoms with van der Waals surface area (Å²) in [5.41, 5.74) is 0.